The molecule has 0 amide bonds. The van der Waals surface area contributed by atoms with Crippen LogP contribution in [0.5, 0.6) is 11.5 Å². The maximum absolute atomic E-state index is 5.30. The monoisotopic (exact) mass is 368 g/mol. The van der Waals surface area contributed by atoms with E-state index in [0.29, 0.717) is 0 Å². The van der Waals surface area contributed by atoms with Gasteiger partial charge in [-0.2, -0.15) is 0 Å². The second-order valence-corrected chi connectivity index (χ2v) is 6.29. The first-order valence-corrected chi connectivity index (χ1v) is 8.99. The molecule has 0 saturated carbocycles. The molecule has 4 heteroatoms. The van der Waals surface area contributed by atoms with Crippen LogP contribution >= 0.6 is 0 Å². The summed E-state index contributed by atoms with van der Waals surface area (Å²) in [6, 6.07) is 24.1. The van der Waals surface area contributed by atoms with Crippen LogP contribution in [0.4, 0.5) is 0 Å². The molecule has 2 aromatic heterocycles. The van der Waals surface area contributed by atoms with Crippen molar-refractivity contribution >= 4 is 0 Å². The second-order valence-electron chi connectivity index (χ2n) is 6.29. The minimum absolute atomic E-state index is 0.819. The summed E-state index contributed by atoms with van der Waals surface area (Å²) in [5.41, 5.74) is 6.03. The van der Waals surface area contributed by atoms with E-state index in [1.54, 1.807) is 26.6 Å². The highest BCUT2D eigenvalue weighted by Crippen LogP contribution is 2.34. The molecular weight excluding hydrogens is 348 g/mol. The second kappa shape index (κ2) is 7.92. The van der Waals surface area contributed by atoms with Crippen LogP contribution in [0.1, 0.15) is 0 Å². The summed E-state index contributed by atoms with van der Waals surface area (Å²) in [4.78, 5) is 9.09. The van der Waals surface area contributed by atoms with E-state index in [-0.39, 0.29) is 0 Å². The average Bonchev–Trinajstić information content (AvgIpc) is 2.79. The fraction of sp³-hybridized carbons (Fsp3) is 0.0833. The molecule has 28 heavy (non-hydrogen) atoms. The number of methoxy groups -OCH3 is 2. The predicted octanol–water partition coefficient (Wildman–Crippen LogP) is 5.49. The minimum Gasteiger partial charge on any atom is -0.497 e. The Morgan fingerprint density at radius 2 is 1.14 bits per heavy atom. The number of aromatic nitrogens is 2. The summed E-state index contributed by atoms with van der Waals surface area (Å²) in [5.74, 6) is 1.65. The standard InChI is InChI=1S/C24H20N2O2/c1-27-20-7-3-17(4-8-20)22-11-12-23(18-13-15-25-16-14-18)26-24(22)19-5-9-21(28-2)10-6-19/h3-16H,1-2H3. The minimum atomic E-state index is 0.819. The molecular formula is C24H20N2O2. The number of nitrogens with zero attached hydrogens (tertiary/aromatic N) is 2. The van der Waals surface area contributed by atoms with Crippen molar-refractivity contribution in [3.05, 3.63) is 85.2 Å². The molecule has 4 rings (SSSR count). The molecule has 0 unspecified atom stereocenters. The number of hydrogen-bond donors (Lipinski definition) is 0. The maximum Gasteiger partial charge on any atom is 0.118 e. The Morgan fingerprint density at radius 3 is 1.71 bits per heavy atom. The van der Waals surface area contributed by atoms with E-state index in [1.165, 1.54) is 0 Å². The van der Waals surface area contributed by atoms with Gasteiger partial charge >= 0.3 is 0 Å². The van der Waals surface area contributed by atoms with Gasteiger partial charge in [-0.25, -0.2) is 4.98 Å². The predicted molar refractivity (Wildman–Crippen MR) is 111 cm³/mol. The highest BCUT2D eigenvalue weighted by Gasteiger charge is 2.12. The van der Waals surface area contributed by atoms with Gasteiger partial charge in [-0.1, -0.05) is 18.2 Å². The summed E-state index contributed by atoms with van der Waals surface area (Å²) in [6.07, 6.45) is 3.56. The topological polar surface area (TPSA) is 44.2 Å². The number of benzene rings is 2. The van der Waals surface area contributed by atoms with E-state index < -0.39 is 0 Å². The summed E-state index contributed by atoms with van der Waals surface area (Å²) in [7, 11) is 3.34. The van der Waals surface area contributed by atoms with E-state index in [0.717, 1.165) is 45.1 Å². The summed E-state index contributed by atoms with van der Waals surface area (Å²) < 4.78 is 10.6. The van der Waals surface area contributed by atoms with E-state index in [9.17, 15) is 0 Å². The van der Waals surface area contributed by atoms with Crippen LogP contribution in [-0.2, 0) is 0 Å². The van der Waals surface area contributed by atoms with Gasteiger partial charge in [0.1, 0.15) is 11.5 Å². The van der Waals surface area contributed by atoms with Crippen LogP contribution in [0.15, 0.2) is 85.2 Å². The summed E-state index contributed by atoms with van der Waals surface area (Å²) in [5, 5.41) is 0. The third-order valence-electron chi connectivity index (χ3n) is 4.64. The highest BCUT2D eigenvalue weighted by atomic mass is 16.5. The molecule has 138 valence electrons. The van der Waals surface area contributed by atoms with E-state index >= 15 is 0 Å². The van der Waals surface area contributed by atoms with E-state index in [1.807, 2.05) is 54.6 Å². The molecule has 2 heterocycles. The Balaban J connectivity index is 1.86. The number of pyridine rings is 2. The molecule has 0 aliphatic heterocycles. The highest BCUT2D eigenvalue weighted by molar-refractivity contribution is 5.83. The third kappa shape index (κ3) is 3.58. The Hall–Kier alpha value is -3.66. The lowest BCUT2D eigenvalue weighted by Crippen LogP contribution is -1.93. The van der Waals surface area contributed by atoms with Gasteiger partial charge in [0.05, 0.1) is 25.6 Å². The van der Waals surface area contributed by atoms with Crippen LogP contribution < -0.4 is 9.47 Å². The summed E-state index contributed by atoms with van der Waals surface area (Å²) in [6.45, 7) is 0. The number of hydrogen-bond acceptors (Lipinski definition) is 4. The van der Waals surface area contributed by atoms with Crippen LogP contribution in [0, 0.1) is 0 Å². The molecule has 0 atom stereocenters. The maximum atomic E-state index is 5.30. The van der Waals surface area contributed by atoms with Gasteiger partial charge in [0, 0.05) is 29.1 Å². The van der Waals surface area contributed by atoms with Crippen molar-refractivity contribution in [2.24, 2.45) is 0 Å². The zero-order valence-corrected chi connectivity index (χ0v) is 15.8. The fourth-order valence-corrected chi connectivity index (χ4v) is 3.12. The lowest BCUT2D eigenvalue weighted by atomic mass is 9.98. The quantitative estimate of drug-likeness (QED) is 0.467. The van der Waals surface area contributed by atoms with E-state index in [4.69, 9.17) is 14.5 Å². The number of rotatable bonds is 5. The SMILES string of the molecule is COc1ccc(-c2ccc(-c3ccncc3)nc2-c2ccc(OC)cc2)cc1. The molecule has 0 N–H and O–H groups in total. The molecule has 4 aromatic rings. The van der Waals surface area contributed by atoms with Crippen molar-refractivity contribution in [2.75, 3.05) is 14.2 Å². The average molecular weight is 368 g/mol. The van der Waals surface area contributed by atoms with Gasteiger partial charge in [0.2, 0.25) is 0 Å². The van der Waals surface area contributed by atoms with Gasteiger partial charge in [-0.3, -0.25) is 4.98 Å². The van der Waals surface area contributed by atoms with Crippen molar-refractivity contribution in [2.45, 2.75) is 0 Å². The largest absolute Gasteiger partial charge is 0.497 e. The van der Waals surface area contributed by atoms with Crippen LogP contribution in [0.2, 0.25) is 0 Å². The van der Waals surface area contributed by atoms with Crippen molar-refractivity contribution in [1.29, 1.82) is 0 Å². The molecule has 0 aliphatic carbocycles. The zero-order chi connectivity index (χ0) is 19.3. The van der Waals surface area contributed by atoms with Gasteiger partial charge in [-0.15, -0.1) is 0 Å². The first-order chi connectivity index (χ1) is 13.8. The Morgan fingerprint density at radius 1 is 0.571 bits per heavy atom. The summed E-state index contributed by atoms with van der Waals surface area (Å²) >= 11 is 0. The molecule has 0 fully saturated rings. The number of ether oxygens (including phenoxy) is 2. The van der Waals surface area contributed by atoms with Crippen LogP contribution in [-0.4, -0.2) is 24.2 Å². The van der Waals surface area contributed by atoms with Crippen molar-refractivity contribution in [1.82, 2.24) is 9.97 Å². The molecule has 4 nitrogen and oxygen atoms in total. The Labute approximate surface area is 164 Å². The molecule has 0 spiro atoms. The molecule has 0 bridgehead atoms. The lowest BCUT2D eigenvalue weighted by molar-refractivity contribution is 0.414. The van der Waals surface area contributed by atoms with Gasteiger partial charge < -0.3 is 9.47 Å². The van der Waals surface area contributed by atoms with E-state index in [2.05, 4.69) is 23.2 Å². The molecule has 0 saturated heterocycles. The zero-order valence-electron chi connectivity index (χ0n) is 15.8. The van der Waals surface area contributed by atoms with Crippen molar-refractivity contribution in [3.63, 3.8) is 0 Å². The van der Waals surface area contributed by atoms with Crippen LogP contribution in [0.3, 0.4) is 0 Å². The third-order valence-corrected chi connectivity index (χ3v) is 4.64. The Kier molecular flexibility index (Phi) is 5.02. The fourth-order valence-electron chi connectivity index (χ4n) is 3.12. The molecule has 2 aromatic carbocycles. The molecule has 0 radical (unpaired) electrons. The Bertz CT molecular complexity index is 1060. The lowest BCUT2D eigenvalue weighted by Gasteiger charge is -2.13. The van der Waals surface area contributed by atoms with Gasteiger partial charge in [-0.05, 0) is 60.2 Å². The van der Waals surface area contributed by atoms with Crippen molar-refractivity contribution < 1.29 is 9.47 Å². The van der Waals surface area contributed by atoms with Gasteiger partial charge in [0.15, 0.2) is 0 Å². The van der Waals surface area contributed by atoms with Gasteiger partial charge in [0.25, 0.3) is 0 Å². The normalized spacial score (nSPS) is 10.5. The first-order valence-electron chi connectivity index (χ1n) is 8.99. The smallest absolute Gasteiger partial charge is 0.118 e. The van der Waals surface area contributed by atoms with Crippen LogP contribution in [0.25, 0.3) is 33.6 Å². The molecule has 0 aliphatic rings. The first kappa shape index (κ1) is 17.7. The van der Waals surface area contributed by atoms with Crippen molar-refractivity contribution in [3.8, 4) is 45.1 Å².